The number of hydrogen-bond acceptors (Lipinski definition) is 8. The van der Waals surface area contributed by atoms with Crippen molar-refractivity contribution < 1.29 is 43.9 Å². The number of carbonyl (C=O) groups is 2. The lowest BCUT2D eigenvalue weighted by molar-refractivity contribution is -0.0789. The highest BCUT2D eigenvalue weighted by molar-refractivity contribution is 6.01. The summed E-state index contributed by atoms with van der Waals surface area (Å²) < 4.78 is 22.4. The zero-order chi connectivity index (χ0) is 22.7. The molecule has 31 heavy (non-hydrogen) atoms. The monoisotopic (exact) mass is 428 g/mol. The zero-order valence-electron chi connectivity index (χ0n) is 17.2. The van der Waals surface area contributed by atoms with E-state index in [1.165, 1.54) is 27.0 Å². The maximum Gasteiger partial charge on any atom is 0.347 e. The Morgan fingerprint density at radius 2 is 1.90 bits per heavy atom. The molecule has 0 radical (unpaired) electrons. The van der Waals surface area contributed by atoms with Crippen molar-refractivity contribution in [2.24, 2.45) is 0 Å². The molecular formula is C22H20O9. The van der Waals surface area contributed by atoms with E-state index in [4.69, 9.17) is 18.9 Å². The van der Waals surface area contributed by atoms with Gasteiger partial charge in [-0.3, -0.25) is 0 Å². The minimum atomic E-state index is -1.54. The van der Waals surface area contributed by atoms with Crippen molar-refractivity contribution in [2.75, 3.05) is 7.11 Å². The van der Waals surface area contributed by atoms with Gasteiger partial charge in [0, 0.05) is 19.6 Å². The molecule has 0 spiro atoms. The molecule has 0 saturated carbocycles. The first-order valence-corrected chi connectivity index (χ1v) is 9.34. The summed E-state index contributed by atoms with van der Waals surface area (Å²) in [5.74, 6) is -3.99. The summed E-state index contributed by atoms with van der Waals surface area (Å²) in [7, 11) is 1.37. The second-order valence-electron chi connectivity index (χ2n) is 7.51. The molecule has 0 saturated heterocycles. The molecule has 2 aromatic carbocycles. The summed E-state index contributed by atoms with van der Waals surface area (Å²) in [6.45, 7) is 4.33. The van der Waals surface area contributed by atoms with Gasteiger partial charge in [0.2, 0.25) is 5.79 Å². The van der Waals surface area contributed by atoms with E-state index in [1.807, 2.05) is 0 Å². The van der Waals surface area contributed by atoms with Crippen LogP contribution in [0.1, 0.15) is 49.9 Å². The van der Waals surface area contributed by atoms with Crippen molar-refractivity contribution >= 4 is 18.0 Å². The molecule has 162 valence electrons. The first-order valence-electron chi connectivity index (χ1n) is 9.34. The molecule has 9 heteroatoms. The van der Waals surface area contributed by atoms with Gasteiger partial charge in [0.1, 0.15) is 22.6 Å². The average molecular weight is 428 g/mol. The number of aliphatic hydroxyl groups is 1. The van der Waals surface area contributed by atoms with Gasteiger partial charge in [-0.05, 0) is 37.6 Å². The third kappa shape index (κ3) is 3.18. The molecule has 2 heterocycles. The fraction of sp³-hybridized carbons (Fsp3) is 0.273. The second kappa shape index (κ2) is 7.00. The van der Waals surface area contributed by atoms with Crippen molar-refractivity contribution in [2.45, 2.75) is 33.2 Å². The summed E-state index contributed by atoms with van der Waals surface area (Å²) in [4.78, 5) is 24.8. The number of carboxylic acids is 1. The van der Waals surface area contributed by atoms with Crippen LogP contribution in [-0.2, 0) is 11.3 Å². The molecule has 0 amide bonds. The maximum absolute atomic E-state index is 13.0. The zero-order valence-corrected chi connectivity index (χ0v) is 17.2. The quantitative estimate of drug-likeness (QED) is 0.498. The van der Waals surface area contributed by atoms with E-state index >= 15 is 0 Å². The normalized spacial score (nSPS) is 18.7. The standard InChI is InChI=1S/C22H20O9/c1-9-7-13-11(5-6-22(3,27)31-13)18-14(9)21(26)30-17-10(2)15(20(24)25)16(23)12(8-28-4)19(17)29-18/h5-7,23,27H,8H2,1-4H3,(H,24,25)/t22-/m0/s1. The second-order valence-corrected chi connectivity index (χ2v) is 7.51. The number of esters is 1. The van der Waals surface area contributed by atoms with Gasteiger partial charge < -0.3 is 34.3 Å². The molecule has 2 aliphatic heterocycles. The highest BCUT2D eigenvalue weighted by Crippen LogP contribution is 2.51. The van der Waals surface area contributed by atoms with Crippen LogP contribution in [0.5, 0.6) is 28.7 Å². The third-order valence-corrected chi connectivity index (χ3v) is 5.18. The van der Waals surface area contributed by atoms with E-state index in [1.54, 1.807) is 19.1 Å². The first-order chi connectivity index (χ1) is 14.6. The van der Waals surface area contributed by atoms with E-state index in [-0.39, 0.29) is 46.3 Å². The van der Waals surface area contributed by atoms with Crippen molar-refractivity contribution in [3.05, 3.63) is 45.5 Å². The Kier molecular flexibility index (Phi) is 4.68. The predicted octanol–water partition coefficient (Wildman–Crippen LogP) is 3.29. The number of ether oxygens (including phenoxy) is 4. The van der Waals surface area contributed by atoms with Crippen molar-refractivity contribution in [3.8, 4) is 28.7 Å². The molecular weight excluding hydrogens is 408 g/mol. The van der Waals surface area contributed by atoms with E-state index in [9.17, 15) is 24.9 Å². The number of aromatic hydroxyl groups is 1. The van der Waals surface area contributed by atoms with Gasteiger partial charge in [-0.25, -0.2) is 9.59 Å². The summed E-state index contributed by atoms with van der Waals surface area (Å²) in [6.07, 6.45) is 2.96. The van der Waals surface area contributed by atoms with Gasteiger partial charge in [0.05, 0.1) is 17.7 Å². The number of aryl methyl sites for hydroxylation is 1. The Balaban J connectivity index is 2.03. The number of methoxy groups -OCH3 is 1. The van der Waals surface area contributed by atoms with Crippen LogP contribution in [0.3, 0.4) is 0 Å². The SMILES string of the molecule is COCc1c(O)c(C(=O)O)c(C)c2c1Oc1c3c(cc(C)c1C(=O)O2)O[C@](C)(O)C=C3. The molecule has 2 aliphatic rings. The Bertz CT molecular complexity index is 1170. The molecule has 0 aliphatic carbocycles. The minimum absolute atomic E-state index is 0.0177. The largest absolute Gasteiger partial charge is 0.507 e. The summed E-state index contributed by atoms with van der Waals surface area (Å²) in [5, 5.41) is 30.4. The Morgan fingerprint density at radius 3 is 2.55 bits per heavy atom. The van der Waals surface area contributed by atoms with Crippen LogP contribution in [0.25, 0.3) is 6.08 Å². The number of carboxylic acid groups (broad SMARTS) is 1. The number of aromatic carboxylic acids is 1. The van der Waals surface area contributed by atoms with Crippen molar-refractivity contribution in [1.29, 1.82) is 0 Å². The van der Waals surface area contributed by atoms with Crippen LogP contribution < -0.4 is 14.2 Å². The van der Waals surface area contributed by atoms with Crippen LogP contribution in [0.2, 0.25) is 0 Å². The predicted molar refractivity (Wildman–Crippen MR) is 107 cm³/mol. The first kappa shape index (κ1) is 20.7. The Labute approximate surface area is 177 Å². The van der Waals surface area contributed by atoms with Crippen LogP contribution in [0.4, 0.5) is 0 Å². The topological polar surface area (TPSA) is 132 Å². The minimum Gasteiger partial charge on any atom is -0.507 e. The fourth-order valence-electron chi connectivity index (χ4n) is 3.74. The molecule has 4 rings (SSSR count). The summed E-state index contributed by atoms with van der Waals surface area (Å²) in [6, 6.07) is 1.58. The highest BCUT2D eigenvalue weighted by Gasteiger charge is 2.37. The van der Waals surface area contributed by atoms with Crippen LogP contribution in [0.15, 0.2) is 12.1 Å². The van der Waals surface area contributed by atoms with Crippen molar-refractivity contribution in [3.63, 3.8) is 0 Å². The van der Waals surface area contributed by atoms with E-state index in [2.05, 4.69) is 0 Å². The van der Waals surface area contributed by atoms with Crippen LogP contribution >= 0.6 is 0 Å². The number of benzene rings is 2. The molecule has 3 N–H and O–H groups in total. The number of fused-ring (bicyclic) bond motifs is 4. The molecule has 1 atom stereocenters. The van der Waals surface area contributed by atoms with E-state index in [0.29, 0.717) is 11.1 Å². The van der Waals surface area contributed by atoms with Gasteiger partial charge in [-0.2, -0.15) is 0 Å². The summed E-state index contributed by atoms with van der Waals surface area (Å²) >= 11 is 0. The summed E-state index contributed by atoms with van der Waals surface area (Å²) in [5.41, 5.74) is 0.604. The van der Waals surface area contributed by atoms with Crippen LogP contribution in [0, 0.1) is 13.8 Å². The molecule has 0 fully saturated rings. The average Bonchev–Trinajstić information content (AvgIpc) is 2.81. The number of rotatable bonds is 3. The highest BCUT2D eigenvalue weighted by atomic mass is 16.6. The number of carbonyl (C=O) groups excluding carboxylic acids is 1. The van der Waals surface area contributed by atoms with Crippen molar-refractivity contribution in [1.82, 2.24) is 0 Å². The lowest BCUT2D eigenvalue weighted by atomic mass is 9.99. The lowest BCUT2D eigenvalue weighted by Crippen LogP contribution is -2.31. The van der Waals surface area contributed by atoms with Gasteiger partial charge in [-0.1, -0.05) is 0 Å². The Hall–Kier alpha value is -3.56. The molecule has 0 aromatic heterocycles. The van der Waals surface area contributed by atoms with E-state index < -0.39 is 29.0 Å². The van der Waals surface area contributed by atoms with Gasteiger partial charge >= 0.3 is 11.9 Å². The number of phenols is 1. The smallest absolute Gasteiger partial charge is 0.347 e. The van der Waals surface area contributed by atoms with E-state index in [0.717, 1.165) is 0 Å². The van der Waals surface area contributed by atoms with Crippen LogP contribution in [-0.4, -0.2) is 40.2 Å². The molecule has 0 unspecified atom stereocenters. The van der Waals surface area contributed by atoms with Gasteiger partial charge in [0.15, 0.2) is 17.2 Å². The van der Waals surface area contributed by atoms with Gasteiger partial charge in [0.25, 0.3) is 0 Å². The molecule has 2 aromatic rings. The Morgan fingerprint density at radius 1 is 1.19 bits per heavy atom. The fourth-order valence-corrected chi connectivity index (χ4v) is 3.74. The lowest BCUT2D eigenvalue weighted by Gasteiger charge is -2.28. The molecule has 9 nitrogen and oxygen atoms in total. The third-order valence-electron chi connectivity index (χ3n) is 5.18. The van der Waals surface area contributed by atoms with Gasteiger partial charge in [-0.15, -0.1) is 0 Å². The molecule has 0 bridgehead atoms. The number of hydrogen-bond donors (Lipinski definition) is 3. The maximum atomic E-state index is 13.0.